The van der Waals surface area contributed by atoms with Gasteiger partial charge in [-0.05, 0) is 49.2 Å². The topological polar surface area (TPSA) is 45.2 Å². The number of amides is 1. The summed E-state index contributed by atoms with van der Waals surface area (Å²) >= 11 is 0. The van der Waals surface area contributed by atoms with Crippen molar-refractivity contribution in [2.45, 2.75) is 31.8 Å². The maximum absolute atomic E-state index is 13.0. The van der Waals surface area contributed by atoms with Crippen molar-refractivity contribution in [3.63, 3.8) is 0 Å². The summed E-state index contributed by atoms with van der Waals surface area (Å²) in [5, 5.41) is 2.96. The molecule has 0 bridgehead atoms. The number of anilines is 1. The highest BCUT2D eigenvalue weighted by Crippen LogP contribution is 2.21. The van der Waals surface area contributed by atoms with Gasteiger partial charge in [-0.25, -0.2) is 4.39 Å². The van der Waals surface area contributed by atoms with Gasteiger partial charge in [0.15, 0.2) is 0 Å². The first-order valence-corrected chi connectivity index (χ1v) is 7.92. The largest absolute Gasteiger partial charge is 0.325 e. The lowest BCUT2D eigenvalue weighted by Gasteiger charge is -2.34. The van der Waals surface area contributed by atoms with Crippen LogP contribution in [0.5, 0.6) is 0 Å². The van der Waals surface area contributed by atoms with Gasteiger partial charge in [0.05, 0.1) is 6.04 Å². The molecule has 4 nitrogen and oxygen atoms in total. The van der Waals surface area contributed by atoms with Crippen molar-refractivity contribution in [2.75, 3.05) is 11.9 Å². The quantitative estimate of drug-likeness (QED) is 0.942. The Morgan fingerprint density at radius 3 is 2.65 bits per heavy atom. The van der Waals surface area contributed by atoms with Crippen LogP contribution in [0.1, 0.15) is 24.8 Å². The third-order valence-electron chi connectivity index (χ3n) is 4.16. The Balaban J connectivity index is 1.68. The Morgan fingerprint density at radius 1 is 1.17 bits per heavy atom. The van der Waals surface area contributed by atoms with Crippen LogP contribution in [0.3, 0.4) is 0 Å². The number of piperidine rings is 1. The molecule has 23 heavy (non-hydrogen) atoms. The van der Waals surface area contributed by atoms with Crippen LogP contribution in [0.15, 0.2) is 48.8 Å². The van der Waals surface area contributed by atoms with E-state index in [-0.39, 0.29) is 17.8 Å². The van der Waals surface area contributed by atoms with Crippen LogP contribution >= 0.6 is 0 Å². The lowest BCUT2D eigenvalue weighted by molar-refractivity contribution is -0.122. The second-order valence-corrected chi connectivity index (χ2v) is 5.83. The van der Waals surface area contributed by atoms with E-state index in [0.29, 0.717) is 6.54 Å². The van der Waals surface area contributed by atoms with Gasteiger partial charge < -0.3 is 5.32 Å². The van der Waals surface area contributed by atoms with Gasteiger partial charge in [-0.1, -0.05) is 18.6 Å². The van der Waals surface area contributed by atoms with E-state index in [9.17, 15) is 9.18 Å². The van der Waals surface area contributed by atoms with Gasteiger partial charge in [0.2, 0.25) is 5.91 Å². The lowest BCUT2D eigenvalue weighted by atomic mass is 10.00. The molecule has 1 unspecified atom stereocenters. The maximum atomic E-state index is 13.0. The smallest absolute Gasteiger partial charge is 0.241 e. The molecule has 1 atom stereocenters. The Hall–Kier alpha value is -2.27. The molecule has 0 aliphatic carbocycles. The third kappa shape index (κ3) is 4.13. The van der Waals surface area contributed by atoms with E-state index in [4.69, 9.17) is 0 Å². The molecule has 5 heteroatoms. The van der Waals surface area contributed by atoms with Crippen molar-refractivity contribution in [3.05, 3.63) is 60.2 Å². The summed E-state index contributed by atoms with van der Waals surface area (Å²) in [6.07, 6.45) is 6.30. The number of likely N-dealkylation sites (tertiary alicyclic amines) is 1. The van der Waals surface area contributed by atoms with Gasteiger partial charge in [0.1, 0.15) is 5.82 Å². The molecule has 2 aromatic rings. The number of halogens is 1. The molecule has 0 spiro atoms. The second kappa shape index (κ2) is 7.33. The molecule has 0 radical (unpaired) electrons. The van der Waals surface area contributed by atoms with Crippen LogP contribution in [0.2, 0.25) is 0 Å². The van der Waals surface area contributed by atoms with E-state index in [1.807, 2.05) is 0 Å². The average Bonchev–Trinajstić information content (AvgIpc) is 2.58. The normalized spacial score (nSPS) is 18.6. The molecule has 1 aromatic heterocycles. The van der Waals surface area contributed by atoms with Gasteiger partial charge >= 0.3 is 0 Å². The number of benzene rings is 1. The van der Waals surface area contributed by atoms with Gasteiger partial charge in [-0.15, -0.1) is 0 Å². The number of nitrogens with one attached hydrogen (secondary N) is 1. The Kier molecular flexibility index (Phi) is 4.98. The summed E-state index contributed by atoms with van der Waals surface area (Å²) in [5.41, 5.74) is 1.78. The van der Waals surface area contributed by atoms with Crippen LogP contribution in [0.4, 0.5) is 10.1 Å². The van der Waals surface area contributed by atoms with Crippen LogP contribution in [-0.4, -0.2) is 28.4 Å². The zero-order valence-electron chi connectivity index (χ0n) is 12.9. The van der Waals surface area contributed by atoms with Gasteiger partial charge in [-0.2, -0.15) is 0 Å². The number of carbonyl (C=O) groups excluding carboxylic acids is 1. The van der Waals surface area contributed by atoms with Gasteiger partial charge in [-0.3, -0.25) is 14.7 Å². The number of hydrogen-bond donors (Lipinski definition) is 1. The molecule has 1 aliphatic heterocycles. The molecule has 3 rings (SSSR count). The van der Waals surface area contributed by atoms with Crippen molar-refractivity contribution < 1.29 is 9.18 Å². The van der Waals surface area contributed by atoms with E-state index in [0.717, 1.165) is 37.1 Å². The fourth-order valence-corrected chi connectivity index (χ4v) is 2.96. The first kappa shape index (κ1) is 15.6. The monoisotopic (exact) mass is 313 g/mol. The van der Waals surface area contributed by atoms with E-state index < -0.39 is 0 Å². The minimum absolute atomic E-state index is 0.0120. The number of carbonyl (C=O) groups is 1. The van der Waals surface area contributed by atoms with Crippen LogP contribution < -0.4 is 5.32 Å². The van der Waals surface area contributed by atoms with Crippen molar-refractivity contribution >= 4 is 11.6 Å². The molecule has 2 heterocycles. The predicted molar refractivity (Wildman–Crippen MR) is 87.3 cm³/mol. The summed E-state index contributed by atoms with van der Waals surface area (Å²) in [7, 11) is 0. The summed E-state index contributed by atoms with van der Waals surface area (Å²) in [6, 6.07) is 9.90. The average molecular weight is 313 g/mol. The van der Waals surface area contributed by atoms with E-state index >= 15 is 0 Å². The molecule has 120 valence electrons. The van der Waals surface area contributed by atoms with Gasteiger partial charge in [0.25, 0.3) is 0 Å². The predicted octanol–water partition coefficient (Wildman–Crippen LogP) is 3.21. The Labute approximate surface area is 135 Å². The molecular formula is C18H20FN3O. The fourth-order valence-electron chi connectivity index (χ4n) is 2.96. The molecule has 1 fully saturated rings. The Morgan fingerprint density at radius 2 is 1.91 bits per heavy atom. The second-order valence-electron chi connectivity index (χ2n) is 5.83. The third-order valence-corrected chi connectivity index (χ3v) is 4.16. The minimum atomic E-state index is -0.237. The molecule has 1 aromatic carbocycles. The molecule has 1 saturated heterocycles. The van der Waals surface area contributed by atoms with Crippen LogP contribution in [0.25, 0.3) is 0 Å². The summed E-state index contributed by atoms with van der Waals surface area (Å²) in [5.74, 6) is -0.225. The van der Waals surface area contributed by atoms with Crippen molar-refractivity contribution in [3.8, 4) is 0 Å². The van der Waals surface area contributed by atoms with Gasteiger partial charge in [0, 0.05) is 24.6 Å². The zero-order chi connectivity index (χ0) is 16.1. The van der Waals surface area contributed by atoms with Crippen molar-refractivity contribution in [1.82, 2.24) is 9.88 Å². The number of rotatable bonds is 4. The molecule has 1 aliphatic rings. The maximum Gasteiger partial charge on any atom is 0.241 e. The van der Waals surface area contributed by atoms with E-state index in [1.165, 1.54) is 12.1 Å². The first-order chi connectivity index (χ1) is 11.2. The first-order valence-electron chi connectivity index (χ1n) is 7.92. The number of aromatic nitrogens is 1. The lowest BCUT2D eigenvalue weighted by Crippen LogP contribution is -2.46. The van der Waals surface area contributed by atoms with Crippen molar-refractivity contribution in [2.24, 2.45) is 0 Å². The summed E-state index contributed by atoms with van der Waals surface area (Å²) < 4.78 is 13.0. The Bertz CT molecular complexity index is 645. The summed E-state index contributed by atoms with van der Waals surface area (Å²) in [6.45, 7) is 1.54. The fraction of sp³-hybridized carbons (Fsp3) is 0.333. The highest BCUT2D eigenvalue weighted by atomic mass is 19.1. The summed E-state index contributed by atoms with van der Waals surface area (Å²) in [4.78, 5) is 18.7. The molecule has 1 amide bonds. The molecule has 1 N–H and O–H groups in total. The highest BCUT2D eigenvalue weighted by Gasteiger charge is 2.28. The van der Waals surface area contributed by atoms with Crippen LogP contribution in [0, 0.1) is 5.82 Å². The highest BCUT2D eigenvalue weighted by molar-refractivity contribution is 5.94. The standard InChI is InChI=1S/C18H20FN3O/c19-15-6-4-14(5-7-15)13-22-12-2-1-3-17(22)18(23)21-16-8-10-20-11-9-16/h4-11,17H,1-3,12-13H2,(H,20,21,23). The van der Waals surface area contributed by atoms with E-state index in [2.05, 4.69) is 15.2 Å². The number of hydrogen-bond acceptors (Lipinski definition) is 3. The molecule has 0 saturated carbocycles. The zero-order valence-corrected chi connectivity index (χ0v) is 12.9. The minimum Gasteiger partial charge on any atom is -0.325 e. The number of pyridine rings is 1. The SMILES string of the molecule is O=C(Nc1ccncc1)C1CCCCN1Cc1ccc(F)cc1. The van der Waals surface area contributed by atoms with Crippen molar-refractivity contribution in [1.29, 1.82) is 0 Å². The number of nitrogens with zero attached hydrogens (tertiary/aromatic N) is 2. The van der Waals surface area contributed by atoms with Crippen LogP contribution in [-0.2, 0) is 11.3 Å². The molecular weight excluding hydrogens is 293 g/mol. The van der Waals surface area contributed by atoms with E-state index in [1.54, 1.807) is 36.7 Å².